The Morgan fingerprint density at radius 1 is 0.545 bits per heavy atom. The normalized spacial score (nSPS) is 30.8. The smallest absolute Gasteiger partial charge is 0.129 e. The van der Waals surface area contributed by atoms with Crippen LogP contribution >= 0.6 is 0 Å². The molecule has 0 N–H and O–H groups in total. The largest absolute Gasteiger partial charge is 0.310 e. The van der Waals surface area contributed by atoms with Crippen LogP contribution in [0.5, 0.6) is 0 Å². The maximum Gasteiger partial charge on any atom is 0.129 e. The summed E-state index contributed by atoms with van der Waals surface area (Å²) in [4.78, 5) is 0. The number of nitrogens with zero attached hydrogens (tertiary/aromatic N) is 2. The lowest BCUT2D eigenvalue weighted by atomic mass is 10.1. The topological polar surface area (TPSA) is 184 Å². The lowest BCUT2D eigenvalue weighted by Gasteiger charge is -2.55. The fourth-order valence-corrected chi connectivity index (χ4v) is 2.89. The second-order valence-electron chi connectivity index (χ2n) is 5.41. The third kappa shape index (κ3) is 10.0. The fourth-order valence-electron chi connectivity index (χ4n) is 2.89. The van der Waals surface area contributed by atoms with Gasteiger partial charge in [-0.2, -0.15) is 0 Å². The number of rotatable bonds is 2. The van der Waals surface area contributed by atoms with Gasteiger partial charge in [0, 0.05) is 0 Å². The molecule has 3 rings (SSSR count). The number of quaternary nitrogens is 2. The van der Waals surface area contributed by atoms with Crippen LogP contribution in [0.3, 0.4) is 0 Å². The molecule has 3 fully saturated rings. The number of hydrogen-bond acceptors (Lipinski definition) is 8. The average Bonchev–Trinajstić information content (AvgIpc) is 2.37. The van der Waals surface area contributed by atoms with E-state index in [-0.39, 0.29) is 0 Å². The van der Waals surface area contributed by atoms with Gasteiger partial charge in [-0.25, -0.2) is 37.3 Å². The third-order valence-electron chi connectivity index (χ3n) is 4.49. The van der Waals surface area contributed by atoms with Crippen molar-refractivity contribution < 1.29 is 66.7 Å². The molecular formula is C10H22Cl2N2O8. The van der Waals surface area contributed by atoms with Gasteiger partial charge in [0.1, 0.15) is 39.3 Å². The monoisotopic (exact) mass is 368 g/mol. The predicted octanol–water partition coefficient (Wildman–Crippen LogP) is -8.83. The van der Waals surface area contributed by atoms with Gasteiger partial charge in [0.2, 0.25) is 0 Å². The molecule has 0 amide bonds. The van der Waals surface area contributed by atoms with E-state index in [1.807, 2.05) is 0 Å². The second-order valence-corrected chi connectivity index (χ2v) is 6.93. The Morgan fingerprint density at radius 2 is 0.682 bits per heavy atom. The van der Waals surface area contributed by atoms with E-state index < -0.39 is 20.5 Å². The minimum atomic E-state index is -4.94. The molecule has 2 bridgehead atoms. The van der Waals surface area contributed by atoms with Gasteiger partial charge in [-0.3, -0.25) is 0 Å². The molecule has 0 aliphatic carbocycles. The first-order valence-electron chi connectivity index (χ1n) is 6.68. The van der Waals surface area contributed by atoms with Gasteiger partial charge >= 0.3 is 0 Å². The van der Waals surface area contributed by atoms with Crippen LogP contribution < -0.4 is 37.3 Å². The van der Waals surface area contributed by atoms with E-state index >= 15 is 0 Å². The minimum Gasteiger partial charge on any atom is -0.310 e. The molecule has 0 aromatic carbocycles. The Hall–Kier alpha value is 0.180. The van der Waals surface area contributed by atoms with Crippen LogP contribution in [0.4, 0.5) is 0 Å². The summed E-state index contributed by atoms with van der Waals surface area (Å²) in [7, 11) is -9.89. The summed E-state index contributed by atoms with van der Waals surface area (Å²) >= 11 is 0. The van der Waals surface area contributed by atoms with Crippen LogP contribution in [0.2, 0.25) is 0 Å². The van der Waals surface area contributed by atoms with Crippen molar-refractivity contribution in [2.45, 2.75) is 13.8 Å². The Balaban J connectivity index is 0.000000372. The van der Waals surface area contributed by atoms with Gasteiger partial charge in [-0.15, -0.1) is 20.5 Å². The van der Waals surface area contributed by atoms with Gasteiger partial charge in [0.05, 0.1) is 13.1 Å². The first-order chi connectivity index (χ1) is 9.74. The maximum atomic E-state index is 8.49. The summed E-state index contributed by atoms with van der Waals surface area (Å²) in [6, 6.07) is 0. The van der Waals surface area contributed by atoms with Crippen molar-refractivity contribution in [3.8, 4) is 0 Å². The van der Waals surface area contributed by atoms with E-state index in [0.717, 1.165) is 0 Å². The van der Waals surface area contributed by atoms with Crippen molar-refractivity contribution in [2.75, 3.05) is 52.4 Å². The molecule has 0 radical (unpaired) electrons. The fraction of sp³-hybridized carbons (Fsp3) is 1.00. The number of hydrogen-bond donors (Lipinski definition) is 0. The van der Waals surface area contributed by atoms with Crippen LogP contribution in [0.1, 0.15) is 13.8 Å². The summed E-state index contributed by atoms with van der Waals surface area (Å²) in [5.41, 5.74) is 0. The number of halogens is 2. The zero-order chi connectivity index (χ0) is 17.7. The van der Waals surface area contributed by atoms with E-state index in [2.05, 4.69) is 13.8 Å². The quantitative estimate of drug-likeness (QED) is 0.429. The highest BCUT2D eigenvalue weighted by atomic mass is 35.7. The molecule has 10 nitrogen and oxygen atoms in total. The summed E-state index contributed by atoms with van der Waals surface area (Å²) in [5, 5.41) is 0. The van der Waals surface area contributed by atoms with E-state index in [1.165, 1.54) is 61.3 Å². The number of fused-ring (bicyclic) bond motifs is 3. The maximum absolute atomic E-state index is 8.49. The van der Waals surface area contributed by atoms with Crippen molar-refractivity contribution in [1.82, 2.24) is 0 Å². The minimum absolute atomic E-state index is 1.36. The molecule has 3 heterocycles. The molecule has 0 atom stereocenters. The van der Waals surface area contributed by atoms with Gasteiger partial charge in [-0.1, -0.05) is 0 Å². The summed E-state index contributed by atoms with van der Waals surface area (Å²) in [6.45, 7) is 16.1. The van der Waals surface area contributed by atoms with Gasteiger partial charge in [0.25, 0.3) is 0 Å². The predicted molar refractivity (Wildman–Crippen MR) is 50.8 cm³/mol. The first kappa shape index (κ1) is 22.2. The van der Waals surface area contributed by atoms with Crippen LogP contribution in [-0.2, 0) is 0 Å². The molecule has 0 saturated carbocycles. The van der Waals surface area contributed by atoms with Crippen molar-refractivity contribution in [3.05, 3.63) is 0 Å². The van der Waals surface area contributed by atoms with Crippen LogP contribution in [0.15, 0.2) is 0 Å². The van der Waals surface area contributed by atoms with Gasteiger partial charge in [-0.05, 0) is 13.8 Å². The molecule has 0 unspecified atom stereocenters. The molecule has 0 spiro atoms. The molecule has 134 valence electrons. The van der Waals surface area contributed by atoms with E-state index in [9.17, 15) is 0 Å². The van der Waals surface area contributed by atoms with Crippen molar-refractivity contribution >= 4 is 0 Å². The summed E-state index contributed by atoms with van der Waals surface area (Å²) in [5.74, 6) is 0. The van der Waals surface area contributed by atoms with E-state index in [0.29, 0.717) is 0 Å². The van der Waals surface area contributed by atoms with Crippen molar-refractivity contribution in [1.29, 1.82) is 0 Å². The highest BCUT2D eigenvalue weighted by Gasteiger charge is 2.46. The molecule has 0 aromatic heterocycles. The second kappa shape index (κ2) is 8.33. The van der Waals surface area contributed by atoms with Gasteiger partial charge < -0.3 is 8.97 Å². The van der Waals surface area contributed by atoms with E-state index in [4.69, 9.17) is 37.3 Å². The zero-order valence-corrected chi connectivity index (χ0v) is 14.1. The average molecular weight is 369 g/mol. The Kier molecular flexibility index (Phi) is 8.40. The molecule has 0 aromatic rings. The van der Waals surface area contributed by atoms with Crippen molar-refractivity contribution in [3.63, 3.8) is 0 Å². The molecule has 3 aliphatic rings. The lowest BCUT2D eigenvalue weighted by molar-refractivity contribution is -2.00. The SMILES string of the molecule is CC[N+]12CC[N+](CC)(CC1)CC2.[O-][Cl+3]([O-])([O-])[O-].[O-][Cl+3]([O-])([O-])[O-]. The van der Waals surface area contributed by atoms with E-state index in [1.54, 1.807) is 0 Å². The highest BCUT2D eigenvalue weighted by Crippen LogP contribution is 2.25. The molecule has 3 saturated heterocycles. The molecule has 12 heteroatoms. The Morgan fingerprint density at radius 3 is 0.773 bits per heavy atom. The lowest BCUT2D eigenvalue weighted by Crippen LogP contribution is -2.74. The Bertz CT molecular complexity index is 265. The highest BCUT2D eigenvalue weighted by molar-refractivity contribution is 4.60. The molecular weight excluding hydrogens is 347 g/mol. The van der Waals surface area contributed by atoms with Crippen LogP contribution in [0.25, 0.3) is 0 Å². The van der Waals surface area contributed by atoms with Crippen molar-refractivity contribution in [2.24, 2.45) is 0 Å². The Labute approximate surface area is 133 Å². The molecule has 3 aliphatic heterocycles. The summed E-state index contributed by atoms with van der Waals surface area (Å²) in [6.07, 6.45) is 0. The van der Waals surface area contributed by atoms with Crippen LogP contribution in [0, 0.1) is 20.5 Å². The number of likely N-dealkylation sites (N-methyl/N-ethyl adjacent to an activating group) is 2. The molecule has 22 heavy (non-hydrogen) atoms. The first-order valence-corrected chi connectivity index (χ1v) is 9.15. The zero-order valence-electron chi connectivity index (χ0n) is 12.6. The standard InChI is InChI=1S/C10H22N2.2ClHO4/c1-3-11-5-8-12(4-2,9-6-11)10-7-11;2*2-1(3,4)5/h3-10H2,1-2H3;2*(H,2,3,4,5)/q+2;;/p-2. The number of piperazine rings is 3. The van der Waals surface area contributed by atoms with Crippen LogP contribution in [-0.4, -0.2) is 61.3 Å². The summed E-state index contributed by atoms with van der Waals surface area (Å²) < 4.78 is 70.8. The van der Waals surface area contributed by atoms with Gasteiger partial charge in [0.15, 0.2) is 0 Å². The third-order valence-corrected chi connectivity index (χ3v) is 4.49.